The first-order valence-electron chi connectivity index (χ1n) is 4.07. The van der Waals surface area contributed by atoms with E-state index in [2.05, 4.69) is 4.98 Å². The Morgan fingerprint density at radius 3 is 2.69 bits per heavy atom. The van der Waals surface area contributed by atoms with Crippen LogP contribution in [0.3, 0.4) is 0 Å². The minimum atomic E-state index is -3.03. The predicted octanol–water partition coefficient (Wildman–Crippen LogP) is 0.998. The molecule has 0 radical (unpaired) electrons. The molecule has 0 fully saturated rings. The molecule has 1 heterocycles. The first kappa shape index (κ1) is 11.8. The molecule has 0 spiro atoms. The summed E-state index contributed by atoms with van der Waals surface area (Å²) in [6.45, 7) is 0. The molecule has 2 N–H and O–H groups in total. The Balaban J connectivity index is 3.61. The maximum atomic E-state index is 12.7. The van der Waals surface area contributed by atoms with Crippen LogP contribution in [0.25, 0.3) is 0 Å². The van der Waals surface area contributed by atoms with Crippen molar-refractivity contribution in [2.24, 2.45) is 5.73 Å². The number of amides is 1. The lowest BCUT2D eigenvalue weighted by molar-refractivity contribution is 0.0981. The van der Waals surface area contributed by atoms with Gasteiger partial charge in [-0.2, -0.15) is 5.26 Å². The van der Waals surface area contributed by atoms with E-state index in [1.54, 1.807) is 0 Å². The second kappa shape index (κ2) is 4.53. The SMILES string of the molecule is COc1cnc(C#N)c(C(F)F)c1C(N)=O. The Bertz CT molecular complexity index is 469. The van der Waals surface area contributed by atoms with Crippen LogP contribution in [0.1, 0.15) is 28.0 Å². The Morgan fingerprint density at radius 2 is 2.31 bits per heavy atom. The molecule has 0 aliphatic carbocycles. The number of nitrogens with zero attached hydrogens (tertiary/aromatic N) is 2. The second-order valence-electron chi connectivity index (χ2n) is 2.74. The fourth-order valence-corrected chi connectivity index (χ4v) is 1.22. The van der Waals surface area contributed by atoms with Crippen LogP contribution in [0.2, 0.25) is 0 Å². The van der Waals surface area contributed by atoms with Crippen LogP contribution >= 0.6 is 0 Å². The second-order valence-corrected chi connectivity index (χ2v) is 2.74. The normalized spacial score (nSPS) is 9.94. The first-order chi connectivity index (χ1) is 7.52. The Kier molecular flexibility index (Phi) is 3.35. The number of methoxy groups -OCH3 is 1. The summed E-state index contributed by atoms with van der Waals surface area (Å²) < 4.78 is 30.1. The minimum absolute atomic E-state index is 0.179. The van der Waals surface area contributed by atoms with Crippen molar-refractivity contribution in [3.05, 3.63) is 23.0 Å². The molecule has 1 amide bonds. The number of rotatable bonds is 3. The maximum absolute atomic E-state index is 12.7. The van der Waals surface area contributed by atoms with Crippen LogP contribution in [-0.4, -0.2) is 18.0 Å². The lowest BCUT2D eigenvalue weighted by Gasteiger charge is -2.11. The Labute approximate surface area is 89.4 Å². The molecule has 1 aromatic rings. The average Bonchev–Trinajstić information content (AvgIpc) is 2.26. The van der Waals surface area contributed by atoms with Crippen LogP contribution in [-0.2, 0) is 0 Å². The lowest BCUT2D eigenvalue weighted by atomic mass is 10.1. The van der Waals surface area contributed by atoms with Gasteiger partial charge >= 0.3 is 0 Å². The number of primary amides is 1. The number of hydrogen-bond acceptors (Lipinski definition) is 4. The highest BCUT2D eigenvalue weighted by Crippen LogP contribution is 2.30. The van der Waals surface area contributed by atoms with Gasteiger partial charge in [0.05, 0.1) is 24.4 Å². The van der Waals surface area contributed by atoms with Gasteiger partial charge in [0.25, 0.3) is 12.3 Å². The maximum Gasteiger partial charge on any atom is 0.267 e. The van der Waals surface area contributed by atoms with Crippen molar-refractivity contribution in [2.75, 3.05) is 7.11 Å². The molecule has 0 atom stereocenters. The topological polar surface area (TPSA) is 89.0 Å². The number of ether oxygens (including phenoxy) is 1. The van der Waals surface area contributed by atoms with E-state index in [1.807, 2.05) is 0 Å². The molecular weight excluding hydrogens is 220 g/mol. The third kappa shape index (κ3) is 1.91. The van der Waals surface area contributed by atoms with E-state index in [1.165, 1.54) is 13.2 Å². The zero-order valence-electron chi connectivity index (χ0n) is 8.20. The average molecular weight is 227 g/mol. The summed E-state index contributed by atoms with van der Waals surface area (Å²) >= 11 is 0. The van der Waals surface area contributed by atoms with Gasteiger partial charge in [0.1, 0.15) is 17.5 Å². The van der Waals surface area contributed by atoms with Crippen LogP contribution in [0.5, 0.6) is 5.75 Å². The van der Waals surface area contributed by atoms with Crippen LogP contribution in [0.15, 0.2) is 6.20 Å². The number of pyridine rings is 1. The van der Waals surface area contributed by atoms with E-state index in [0.29, 0.717) is 0 Å². The van der Waals surface area contributed by atoms with Crippen LogP contribution < -0.4 is 10.5 Å². The van der Waals surface area contributed by atoms with Gasteiger partial charge in [-0.3, -0.25) is 4.79 Å². The van der Waals surface area contributed by atoms with Crippen molar-refractivity contribution in [1.82, 2.24) is 4.98 Å². The Morgan fingerprint density at radius 1 is 1.69 bits per heavy atom. The number of nitrogens with two attached hydrogens (primary N) is 1. The summed E-state index contributed by atoms with van der Waals surface area (Å²) in [6.07, 6.45) is -2.02. The largest absolute Gasteiger partial charge is 0.494 e. The molecule has 0 aliphatic rings. The predicted molar refractivity (Wildman–Crippen MR) is 49.0 cm³/mol. The minimum Gasteiger partial charge on any atom is -0.494 e. The molecule has 16 heavy (non-hydrogen) atoms. The van der Waals surface area contributed by atoms with E-state index in [-0.39, 0.29) is 5.75 Å². The molecule has 0 bridgehead atoms. The summed E-state index contributed by atoms with van der Waals surface area (Å²) in [4.78, 5) is 14.5. The van der Waals surface area contributed by atoms with Gasteiger partial charge in [-0.15, -0.1) is 0 Å². The first-order valence-corrected chi connectivity index (χ1v) is 4.07. The van der Waals surface area contributed by atoms with Gasteiger partial charge in [-0.05, 0) is 0 Å². The van der Waals surface area contributed by atoms with Gasteiger partial charge in [-0.1, -0.05) is 0 Å². The van der Waals surface area contributed by atoms with E-state index in [0.717, 1.165) is 6.20 Å². The van der Waals surface area contributed by atoms with E-state index in [9.17, 15) is 13.6 Å². The zero-order valence-corrected chi connectivity index (χ0v) is 8.20. The number of carbonyl (C=O) groups excluding carboxylic acids is 1. The zero-order chi connectivity index (χ0) is 12.3. The molecular formula is C9H7F2N3O2. The number of alkyl halides is 2. The number of aromatic nitrogens is 1. The summed E-state index contributed by atoms with van der Waals surface area (Å²) in [5, 5.41) is 8.60. The molecule has 0 aromatic carbocycles. The number of hydrogen-bond donors (Lipinski definition) is 1. The monoisotopic (exact) mass is 227 g/mol. The van der Waals surface area contributed by atoms with Crippen molar-refractivity contribution in [2.45, 2.75) is 6.43 Å². The van der Waals surface area contributed by atoms with Crippen LogP contribution in [0, 0.1) is 11.3 Å². The summed E-state index contributed by atoms with van der Waals surface area (Å²) in [6, 6.07) is 1.47. The Hall–Kier alpha value is -2.23. The smallest absolute Gasteiger partial charge is 0.267 e. The van der Waals surface area contributed by atoms with Gasteiger partial charge < -0.3 is 10.5 Å². The van der Waals surface area contributed by atoms with Gasteiger partial charge in [0.15, 0.2) is 0 Å². The van der Waals surface area contributed by atoms with E-state index < -0.39 is 29.2 Å². The summed E-state index contributed by atoms with van der Waals surface area (Å²) in [5.74, 6) is -1.27. The van der Waals surface area contributed by atoms with E-state index in [4.69, 9.17) is 15.7 Å². The molecule has 0 saturated carbocycles. The summed E-state index contributed by atoms with van der Waals surface area (Å²) in [5.41, 5.74) is 3.12. The molecule has 1 rings (SSSR count). The van der Waals surface area contributed by atoms with Gasteiger partial charge in [-0.25, -0.2) is 13.8 Å². The third-order valence-electron chi connectivity index (χ3n) is 1.87. The third-order valence-corrected chi connectivity index (χ3v) is 1.87. The van der Waals surface area contributed by atoms with Crippen LogP contribution in [0.4, 0.5) is 8.78 Å². The molecule has 7 heteroatoms. The molecule has 0 aliphatic heterocycles. The van der Waals surface area contributed by atoms with E-state index >= 15 is 0 Å². The van der Waals surface area contributed by atoms with Crippen molar-refractivity contribution >= 4 is 5.91 Å². The number of halogens is 2. The highest BCUT2D eigenvalue weighted by atomic mass is 19.3. The fourth-order valence-electron chi connectivity index (χ4n) is 1.22. The number of nitriles is 1. The van der Waals surface area contributed by atoms with Crippen molar-refractivity contribution in [3.63, 3.8) is 0 Å². The van der Waals surface area contributed by atoms with Crippen molar-refractivity contribution < 1.29 is 18.3 Å². The highest BCUT2D eigenvalue weighted by molar-refractivity contribution is 5.97. The van der Waals surface area contributed by atoms with Gasteiger partial charge in [0.2, 0.25) is 0 Å². The van der Waals surface area contributed by atoms with Crippen molar-refractivity contribution in [1.29, 1.82) is 5.26 Å². The van der Waals surface area contributed by atoms with Gasteiger partial charge in [0, 0.05) is 0 Å². The number of carbonyl (C=O) groups is 1. The highest BCUT2D eigenvalue weighted by Gasteiger charge is 2.26. The molecule has 1 aromatic heterocycles. The standard InChI is InChI=1S/C9H7F2N3O2/c1-16-5-3-14-4(2-12)6(8(10)11)7(5)9(13)15/h3,8H,1H3,(H2,13,15). The quantitative estimate of drug-likeness (QED) is 0.834. The molecule has 5 nitrogen and oxygen atoms in total. The molecule has 0 unspecified atom stereocenters. The molecule has 84 valence electrons. The van der Waals surface area contributed by atoms with Crippen molar-refractivity contribution in [3.8, 4) is 11.8 Å². The molecule has 0 saturated heterocycles. The summed E-state index contributed by atoms with van der Waals surface area (Å²) in [7, 11) is 1.19. The fraction of sp³-hybridized carbons (Fsp3) is 0.222. The lowest BCUT2D eigenvalue weighted by Crippen LogP contribution is -2.17.